The summed E-state index contributed by atoms with van der Waals surface area (Å²) >= 11 is 0.756. The number of aryl methyl sites for hydroxylation is 1. The van der Waals surface area contributed by atoms with Crippen LogP contribution in [0.25, 0.3) is 6.08 Å². The lowest BCUT2D eigenvalue weighted by atomic mass is 10.2. The monoisotopic (exact) mass is 498 g/mol. The molecule has 10 heteroatoms. The van der Waals surface area contributed by atoms with Crippen molar-refractivity contribution in [1.82, 2.24) is 4.90 Å². The molecule has 9 nitrogen and oxygen atoms in total. The number of benzene rings is 2. The van der Waals surface area contributed by atoms with Crippen LogP contribution >= 0.6 is 11.8 Å². The number of amides is 3. The third kappa shape index (κ3) is 7.10. The van der Waals surface area contributed by atoms with Crippen molar-refractivity contribution in [2.75, 3.05) is 31.7 Å². The number of nitrogens with zero attached hydrogens (tertiary/aromatic N) is 1. The second-order valence-corrected chi connectivity index (χ2v) is 8.41. The summed E-state index contributed by atoms with van der Waals surface area (Å²) in [5.41, 5.74) is 2.15. The predicted octanol–water partition coefficient (Wildman–Crippen LogP) is 4.01. The van der Waals surface area contributed by atoms with Gasteiger partial charge in [0.15, 0.2) is 18.1 Å². The zero-order chi connectivity index (χ0) is 25.4. The summed E-state index contributed by atoms with van der Waals surface area (Å²) in [6.45, 7) is 5.35. The van der Waals surface area contributed by atoms with Crippen LogP contribution in [0.4, 0.5) is 10.5 Å². The minimum absolute atomic E-state index is 0.181. The van der Waals surface area contributed by atoms with Crippen LogP contribution in [0.15, 0.2) is 47.4 Å². The fourth-order valence-electron chi connectivity index (χ4n) is 3.20. The molecule has 1 saturated heterocycles. The average molecular weight is 499 g/mol. The molecule has 2 aromatic rings. The van der Waals surface area contributed by atoms with Crippen molar-refractivity contribution in [3.8, 4) is 11.5 Å². The Morgan fingerprint density at radius 2 is 1.83 bits per heavy atom. The molecular weight excluding hydrogens is 472 g/mol. The zero-order valence-electron chi connectivity index (χ0n) is 19.7. The maximum Gasteiger partial charge on any atom is 0.344 e. The van der Waals surface area contributed by atoms with Crippen molar-refractivity contribution in [3.63, 3.8) is 0 Å². The highest BCUT2D eigenvalue weighted by molar-refractivity contribution is 8.18. The minimum Gasteiger partial charge on any atom is -0.490 e. The van der Waals surface area contributed by atoms with E-state index in [4.69, 9.17) is 14.2 Å². The van der Waals surface area contributed by atoms with Gasteiger partial charge in [0.05, 0.1) is 18.1 Å². The number of hydrogen-bond acceptors (Lipinski definition) is 8. The zero-order valence-corrected chi connectivity index (χ0v) is 20.5. The van der Waals surface area contributed by atoms with E-state index in [1.807, 2.05) is 13.0 Å². The van der Waals surface area contributed by atoms with E-state index in [0.717, 1.165) is 22.2 Å². The van der Waals surface area contributed by atoms with Gasteiger partial charge in [-0.1, -0.05) is 18.2 Å². The Labute approximate surface area is 207 Å². The van der Waals surface area contributed by atoms with E-state index < -0.39 is 23.0 Å². The van der Waals surface area contributed by atoms with Gasteiger partial charge in [-0.3, -0.25) is 19.3 Å². The maximum atomic E-state index is 12.8. The molecule has 0 saturated carbocycles. The first kappa shape index (κ1) is 25.8. The van der Waals surface area contributed by atoms with Crippen molar-refractivity contribution in [3.05, 3.63) is 58.5 Å². The maximum absolute atomic E-state index is 12.8. The normalized spacial score (nSPS) is 14.3. The molecule has 0 atom stereocenters. The van der Waals surface area contributed by atoms with E-state index in [0.29, 0.717) is 29.4 Å². The summed E-state index contributed by atoms with van der Waals surface area (Å²) in [5.74, 6) is -0.805. The predicted molar refractivity (Wildman–Crippen MR) is 132 cm³/mol. The number of hydrogen-bond donors (Lipinski definition) is 1. The van der Waals surface area contributed by atoms with Crippen LogP contribution in [0, 0.1) is 6.92 Å². The van der Waals surface area contributed by atoms with Crippen LogP contribution < -0.4 is 14.8 Å². The molecule has 184 valence electrons. The van der Waals surface area contributed by atoms with Crippen LogP contribution in [-0.4, -0.2) is 54.3 Å². The number of ether oxygens (including phenoxy) is 3. The number of rotatable bonds is 10. The molecule has 3 amide bonds. The fourth-order valence-corrected chi connectivity index (χ4v) is 4.03. The third-order valence-corrected chi connectivity index (χ3v) is 5.60. The quantitative estimate of drug-likeness (QED) is 0.386. The van der Waals surface area contributed by atoms with E-state index in [9.17, 15) is 19.2 Å². The number of nitrogens with one attached hydrogen (secondary N) is 1. The van der Waals surface area contributed by atoms with Crippen LogP contribution in [0.5, 0.6) is 11.5 Å². The van der Waals surface area contributed by atoms with Gasteiger partial charge in [0, 0.05) is 5.69 Å². The van der Waals surface area contributed by atoms with Gasteiger partial charge in [0.2, 0.25) is 5.91 Å². The molecule has 0 radical (unpaired) electrons. The van der Waals surface area contributed by atoms with Crippen molar-refractivity contribution < 1.29 is 33.4 Å². The van der Waals surface area contributed by atoms with E-state index in [1.165, 1.54) is 0 Å². The molecule has 1 aliphatic heterocycles. The largest absolute Gasteiger partial charge is 0.490 e. The van der Waals surface area contributed by atoms with E-state index >= 15 is 0 Å². The fraction of sp³-hybridized carbons (Fsp3) is 0.280. The first-order valence-electron chi connectivity index (χ1n) is 11.0. The van der Waals surface area contributed by atoms with Gasteiger partial charge in [0.1, 0.15) is 6.54 Å². The van der Waals surface area contributed by atoms with Crippen molar-refractivity contribution in [2.45, 2.75) is 20.8 Å². The molecule has 1 heterocycles. The number of carbonyl (C=O) groups is 4. The second kappa shape index (κ2) is 12.1. The van der Waals surface area contributed by atoms with Crippen molar-refractivity contribution >= 4 is 46.5 Å². The molecule has 1 aliphatic rings. The first-order valence-corrected chi connectivity index (χ1v) is 11.8. The molecule has 0 spiro atoms. The first-order chi connectivity index (χ1) is 16.8. The van der Waals surface area contributed by atoms with Crippen LogP contribution in [-0.2, 0) is 19.1 Å². The number of carbonyl (C=O) groups excluding carboxylic acids is 4. The molecule has 2 aromatic carbocycles. The van der Waals surface area contributed by atoms with Gasteiger partial charge < -0.3 is 19.5 Å². The molecule has 3 rings (SSSR count). The van der Waals surface area contributed by atoms with Gasteiger partial charge in [0.25, 0.3) is 11.1 Å². The van der Waals surface area contributed by atoms with Crippen LogP contribution in [0.3, 0.4) is 0 Å². The SMILES string of the molecule is CCOC(=O)COc1ccc(/C=C2\SC(=O)N(CC(=O)Nc3cccc(C)c3)C2=O)cc1OCC. The lowest BCUT2D eigenvalue weighted by Crippen LogP contribution is -2.36. The van der Waals surface area contributed by atoms with E-state index in [2.05, 4.69) is 5.32 Å². The minimum atomic E-state index is -0.556. The highest BCUT2D eigenvalue weighted by atomic mass is 32.2. The Morgan fingerprint density at radius 1 is 1.03 bits per heavy atom. The third-order valence-electron chi connectivity index (χ3n) is 4.69. The Morgan fingerprint density at radius 3 is 2.54 bits per heavy atom. The standard InChI is InChI=1S/C25H26N2O7S/c1-4-32-20-12-17(9-10-19(20)34-15-23(29)33-5-2)13-21-24(30)27(25(31)35-21)14-22(28)26-18-8-6-7-16(3)11-18/h6-13H,4-5,14-15H2,1-3H3,(H,26,28)/b21-13-. The summed E-state index contributed by atoms with van der Waals surface area (Å²) in [5, 5.41) is 2.17. The molecular formula is C25H26N2O7S. The van der Waals surface area contributed by atoms with Crippen LogP contribution in [0.2, 0.25) is 0 Å². The summed E-state index contributed by atoms with van der Waals surface area (Å²) in [6, 6.07) is 12.1. The molecule has 0 aromatic heterocycles. The summed E-state index contributed by atoms with van der Waals surface area (Å²) in [6.07, 6.45) is 1.54. The molecule has 1 N–H and O–H groups in total. The number of imide groups is 1. The Bertz CT molecular complexity index is 1160. The molecule has 0 aliphatic carbocycles. The highest BCUT2D eigenvalue weighted by Crippen LogP contribution is 2.34. The summed E-state index contributed by atoms with van der Waals surface area (Å²) in [4.78, 5) is 50.3. The van der Waals surface area contributed by atoms with Crippen molar-refractivity contribution in [2.24, 2.45) is 0 Å². The van der Waals surface area contributed by atoms with Gasteiger partial charge in [-0.15, -0.1) is 0 Å². The van der Waals surface area contributed by atoms with Gasteiger partial charge in [-0.25, -0.2) is 4.79 Å². The lowest BCUT2D eigenvalue weighted by molar-refractivity contribution is -0.145. The number of esters is 1. The highest BCUT2D eigenvalue weighted by Gasteiger charge is 2.36. The second-order valence-electron chi connectivity index (χ2n) is 7.42. The summed E-state index contributed by atoms with van der Waals surface area (Å²) < 4.78 is 15.9. The lowest BCUT2D eigenvalue weighted by Gasteiger charge is -2.13. The van der Waals surface area contributed by atoms with Crippen molar-refractivity contribution in [1.29, 1.82) is 0 Å². The topological polar surface area (TPSA) is 111 Å². The average Bonchev–Trinajstić information content (AvgIpc) is 3.06. The van der Waals surface area contributed by atoms with E-state index in [1.54, 1.807) is 56.3 Å². The number of anilines is 1. The Hall–Kier alpha value is -3.79. The van der Waals surface area contributed by atoms with Gasteiger partial charge in [-0.2, -0.15) is 0 Å². The molecule has 0 unspecified atom stereocenters. The molecule has 0 bridgehead atoms. The Balaban J connectivity index is 1.70. The Kier molecular flexibility index (Phi) is 8.91. The van der Waals surface area contributed by atoms with Gasteiger partial charge in [-0.05, 0) is 74.0 Å². The smallest absolute Gasteiger partial charge is 0.344 e. The number of thioether (sulfide) groups is 1. The summed E-state index contributed by atoms with van der Waals surface area (Å²) in [7, 11) is 0. The molecule has 35 heavy (non-hydrogen) atoms. The molecule has 1 fully saturated rings. The van der Waals surface area contributed by atoms with E-state index in [-0.39, 0.29) is 24.7 Å². The van der Waals surface area contributed by atoms with Gasteiger partial charge >= 0.3 is 5.97 Å². The van der Waals surface area contributed by atoms with Crippen LogP contribution in [0.1, 0.15) is 25.0 Å².